The maximum Gasteiger partial charge on any atom is 0.418 e. The zero-order valence-electron chi connectivity index (χ0n) is 9.96. The Labute approximate surface area is 107 Å². The molecule has 1 atom stereocenters. The van der Waals surface area contributed by atoms with E-state index in [4.69, 9.17) is 4.74 Å². The highest BCUT2D eigenvalue weighted by Crippen LogP contribution is 2.34. The van der Waals surface area contributed by atoms with Crippen LogP contribution in [-0.2, 0) is 15.7 Å². The van der Waals surface area contributed by atoms with Crippen LogP contribution in [0.5, 0.6) is 0 Å². The fourth-order valence-corrected chi connectivity index (χ4v) is 1.83. The van der Waals surface area contributed by atoms with Crippen LogP contribution >= 0.6 is 0 Å². The van der Waals surface area contributed by atoms with Crippen molar-refractivity contribution in [1.82, 2.24) is 5.43 Å². The summed E-state index contributed by atoms with van der Waals surface area (Å²) in [6, 6.07) is 4.94. The monoisotopic (exact) mass is 274 g/mol. The molecule has 2 rings (SSSR count). The second kappa shape index (κ2) is 5.48. The minimum atomic E-state index is -4.47. The van der Waals surface area contributed by atoms with Crippen molar-refractivity contribution >= 4 is 11.6 Å². The molecule has 0 aromatic heterocycles. The highest BCUT2D eigenvalue weighted by molar-refractivity contribution is 5.82. The number of rotatable bonds is 3. The first-order valence-corrected chi connectivity index (χ1v) is 5.82. The lowest BCUT2D eigenvalue weighted by Crippen LogP contribution is -2.38. The van der Waals surface area contributed by atoms with E-state index in [0.29, 0.717) is 13.0 Å². The molecule has 0 aliphatic carbocycles. The SMILES string of the molecule is O=C(NNc1ccccc1C(F)(F)F)[C@H]1CCCO1. The van der Waals surface area contributed by atoms with Crippen molar-refractivity contribution in [1.29, 1.82) is 0 Å². The predicted molar refractivity (Wildman–Crippen MR) is 62.2 cm³/mol. The quantitative estimate of drug-likeness (QED) is 0.832. The molecular formula is C12H13F3N2O2. The number of hydrogen-bond donors (Lipinski definition) is 2. The molecule has 0 radical (unpaired) electrons. The number of halogens is 3. The molecule has 0 saturated carbocycles. The van der Waals surface area contributed by atoms with Gasteiger partial charge >= 0.3 is 6.18 Å². The van der Waals surface area contributed by atoms with E-state index in [2.05, 4.69) is 10.9 Å². The predicted octanol–water partition coefficient (Wildman–Crippen LogP) is 2.33. The molecule has 104 valence electrons. The van der Waals surface area contributed by atoms with E-state index in [1.807, 2.05) is 0 Å². The zero-order valence-corrected chi connectivity index (χ0v) is 9.96. The molecule has 1 saturated heterocycles. The van der Waals surface area contributed by atoms with Crippen molar-refractivity contribution in [2.24, 2.45) is 0 Å². The molecule has 1 fully saturated rings. The first-order chi connectivity index (χ1) is 8.98. The lowest BCUT2D eigenvalue weighted by atomic mass is 10.2. The maximum atomic E-state index is 12.7. The van der Waals surface area contributed by atoms with E-state index in [0.717, 1.165) is 12.5 Å². The van der Waals surface area contributed by atoms with E-state index in [1.165, 1.54) is 18.2 Å². The van der Waals surface area contributed by atoms with Gasteiger partial charge in [0.25, 0.3) is 5.91 Å². The Kier molecular flexibility index (Phi) is 3.94. The molecule has 1 aliphatic heterocycles. The second-order valence-electron chi connectivity index (χ2n) is 4.16. The summed E-state index contributed by atoms with van der Waals surface area (Å²) in [6.45, 7) is 0.497. The van der Waals surface area contributed by atoms with Gasteiger partial charge < -0.3 is 4.74 Å². The largest absolute Gasteiger partial charge is 0.418 e. The Hall–Kier alpha value is -1.76. The van der Waals surface area contributed by atoms with Crippen LogP contribution in [0.2, 0.25) is 0 Å². The lowest BCUT2D eigenvalue weighted by molar-refractivity contribution is -0.137. The van der Waals surface area contributed by atoms with Crippen LogP contribution < -0.4 is 10.9 Å². The van der Waals surface area contributed by atoms with Crippen molar-refractivity contribution in [3.8, 4) is 0 Å². The molecule has 1 aromatic carbocycles. The summed E-state index contributed by atoms with van der Waals surface area (Å²) in [5, 5.41) is 0. The molecule has 0 unspecified atom stereocenters. The van der Waals surface area contributed by atoms with Crippen LogP contribution in [0.15, 0.2) is 24.3 Å². The summed E-state index contributed by atoms with van der Waals surface area (Å²) in [5.74, 6) is -0.463. The van der Waals surface area contributed by atoms with Gasteiger partial charge in [-0.05, 0) is 25.0 Å². The minimum Gasteiger partial charge on any atom is -0.368 e. The molecule has 1 amide bonds. The number of amides is 1. The highest BCUT2D eigenvalue weighted by Gasteiger charge is 2.33. The molecule has 1 heterocycles. The number of nitrogens with one attached hydrogen (secondary N) is 2. The van der Waals surface area contributed by atoms with E-state index in [9.17, 15) is 18.0 Å². The first kappa shape index (κ1) is 13.7. The first-order valence-electron chi connectivity index (χ1n) is 5.82. The average Bonchev–Trinajstić information content (AvgIpc) is 2.89. The number of hydrazine groups is 1. The van der Waals surface area contributed by atoms with Crippen molar-refractivity contribution < 1.29 is 22.7 Å². The van der Waals surface area contributed by atoms with Crippen LogP contribution in [0.1, 0.15) is 18.4 Å². The Morgan fingerprint density at radius 3 is 2.68 bits per heavy atom. The highest BCUT2D eigenvalue weighted by atomic mass is 19.4. The molecule has 7 heteroatoms. The average molecular weight is 274 g/mol. The van der Waals surface area contributed by atoms with Gasteiger partial charge in [-0.1, -0.05) is 12.1 Å². The molecule has 0 spiro atoms. The normalized spacial score (nSPS) is 19.2. The summed E-state index contributed by atoms with van der Waals surface area (Å²) < 4.78 is 43.2. The zero-order chi connectivity index (χ0) is 13.9. The third-order valence-corrected chi connectivity index (χ3v) is 2.77. The van der Waals surface area contributed by atoms with Crippen LogP contribution in [0.3, 0.4) is 0 Å². The molecule has 0 bridgehead atoms. The van der Waals surface area contributed by atoms with Gasteiger partial charge in [0.2, 0.25) is 0 Å². The maximum absolute atomic E-state index is 12.7. The number of anilines is 1. The fourth-order valence-electron chi connectivity index (χ4n) is 1.83. The third-order valence-electron chi connectivity index (χ3n) is 2.77. The number of carbonyl (C=O) groups is 1. The van der Waals surface area contributed by atoms with E-state index in [-0.39, 0.29) is 5.69 Å². The van der Waals surface area contributed by atoms with E-state index < -0.39 is 23.8 Å². The van der Waals surface area contributed by atoms with Gasteiger partial charge in [-0.15, -0.1) is 0 Å². The summed E-state index contributed by atoms with van der Waals surface area (Å²) in [4.78, 5) is 11.6. The van der Waals surface area contributed by atoms with Crippen LogP contribution in [-0.4, -0.2) is 18.6 Å². The van der Waals surface area contributed by atoms with Crippen molar-refractivity contribution in [3.63, 3.8) is 0 Å². The third kappa shape index (κ3) is 3.37. The Morgan fingerprint density at radius 2 is 2.05 bits per heavy atom. The molecule has 4 nitrogen and oxygen atoms in total. The Morgan fingerprint density at radius 1 is 1.32 bits per heavy atom. The number of hydrogen-bond acceptors (Lipinski definition) is 3. The number of alkyl halides is 3. The Balaban J connectivity index is 2.01. The van der Waals surface area contributed by atoms with E-state index in [1.54, 1.807) is 0 Å². The number of benzene rings is 1. The van der Waals surface area contributed by atoms with Gasteiger partial charge in [-0.2, -0.15) is 13.2 Å². The molecule has 1 aliphatic rings. The summed E-state index contributed by atoms with van der Waals surface area (Å²) in [6.07, 6.45) is -3.71. The van der Waals surface area contributed by atoms with Crippen molar-refractivity contribution in [2.75, 3.05) is 12.0 Å². The fraction of sp³-hybridized carbons (Fsp3) is 0.417. The van der Waals surface area contributed by atoms with Gasteiger partial charge in [0, 0.05) is 6.61 Å². The summed E-state index contributed by atoms with van der Waals surface area (Å²) in [5.41, 5.74) is 3.51. The van der Waals surface area contributed by atoms with Crippen LogP contribution in [0.25, 0.3) is 0 Å². The molecule has 2 N–H and O–H groups in total. The van der Waals surface area contributed by atoms with Gasteiger partial charge in [-0.3, -0.25) is 15.6 Å². The summed E-state index contributed by atoms with van der Waals surface area (Å²) >= 11 is 0. The summed E-state index contributed by atoms with van der Waals surface area (Å²) in [7, 11) is 0. The number of carbonyl (C=O) groups excluding carboxylic acids is 1. The van der Waals surface area contributed by atoms with E-state index >= 15 is 0 Å². The second-order valence-corrected chi connectivity index (χ2v) is 4.16. The standard InChI is InChI=1S/C12H13F3N2O2/c13-12(14,15)8-4-1-2-5-9(8)16-17-11(18)10-6-3-7-19-10/h1-2,4-5,10,16H,3,6-7H2,(H,17,18)/t10-/m1/s1. The minimum absolute atomic E-state index is 0.193. The molecular weight excluding hydrogens is 261 g/mol. The number of para-hydroxylation sites is 1. The molecule has 19 heavy (non-hydrogen) atoms. The molecule has 1 aromatic rings. The van der Waals surface area contributed by atoms with Crippen molar-refractivity contribution in [3.05, 3.63) is 29.8 Å². The van der Waals surface area contributed by atoms with Gasteiger partial charge in [0.1, 0.15) is 6.10 Å². The topological polar surface area (TPSA) is 50.4 Å². The lowest BCUT2D eigenvalue weighted by Gasteiger charge is -2.16. The Bertz CT molecular complexity index is 457. The van der Waals surface area contributed by atoms with Gasteiger partial charge in [0.05, 0.1) is 11.3 Å². The van der Waals surface area contributed by atoms with Gasteiger partial charge in [-0.25, -0.2) is 0 Å². The van der Waals surface area contributed by atoms with Gasteiger partial charge in [0.15, 0.2) is 0 Å². The number of ether oxygens (including phenoxy) is 1. The van der Waals surface area contributed by atoms with Crippen molar-refractivity contribution in [2.45, 2.75) is 25.1 Å². The van der Waals surface area contributed by atoms with Crippen LogP contribution in [0, 0.1) is 0 Å². The van der Waals surface area contributed by atoms with Crippen LogP contribution in [0.4, 0.5) is 18.9 Å². The smallest absolute Gasteiger partial charge is 0.368 e.